The number of halogens is 4. The minimum absolute atomic E-state index is 0. The predicted octanol–water partition coefficient (Wildman–Crippen LogP) is 5.39. The molecule has 0 aliphatic rings. The van der Waals surface area contributed by atoms with Crippen molar-refractivity contribution >= 4 is 52.2 Å². The molecule has 11 heteroatoms. The molecule has 1 unspecified atom stereocenters. The Kier molecular flexibility index (Phi) is 8.98. The molecule has 2 aromatic heterocycles. The fourth-order valence-corrected chi connectivity index (χ4v) is 3.66. The Balaban J connectivity index is 0.00000341. The Labute approximate surface area is 199 Å². The number of aromatic nitrogens is 1. The first-order chi connectivity index (χ1) is 14.3. The average molecular weight is 568 g/mol. The molecule has 0 radical (unpaired) electrons. The van der Waals surface area contributed by atoms with Gasteiger partial charge in [-0.2, -0.15) is 13.2 Å². The fraction of sp³-hybridized carbons (Fsp3) is 0.400. The van der Waals surface area contributed by atoms with Gasteiger partial charge in [0.25, 0.3) is 0 Å². The zero-order valence-corrected chi connectivity index (χ0v) is 20.4. The predicted molar refractivity (Wildman–Crippen MR) is 127 cm³/mol. The van der Waals surface area contributed by atoms with Gasteiger partial charge >= 0.3 is 6.18 Å². The number of ether oxygens (including phenoxy) is 1. The summed E-state index contributed by atoms with van der Waals surface area (Å²) in [7, 11) is 1.62. The number of aliphatic imine (C=N–C) groups is 1. The lowest BCUT2D eigenvalue weighted by atomic mass is 10.2. The van der Waals surface area contributed by atoms with E-state index in [1.807, 2.05) is 38.1 Å². The minimum atomic E-state index is -4.41. The Hall–Kier alpha value is -2.02. The third kappa shape index (κ3) is 6.48. The number of alkyl halides is 3. The van der Waals surface area contributed by atoms with E-state index in [1.54, 1.807) is 7.05 Å². The molecule has 170 valence electrons. The Bertz CT molecular complexity index is 1020. The van der Waals surface area contributed by atoms with Crippen molar-refractivity contribution < 1.29 is 22.3 Å². The molecule has 0 saturated heterocycles. The van der Waals surface area contributed by atoms with Gasteiger partial charge in [0.15, 0.2) is 23.0 Å². The van der Waals surface area contributed by atoms with Crippen LogP contribution in [0.5, 0.6) is 5.75 Å². The molecule has 3 aromatic rings. The molecule has 0 bridgehead atoms. The second-order valence-electron chi connectivity index (χ2n) is 6.50. The van der Waals surface area contributed by atoms with Crippen molar-refractivity contribution in [3.8, 4) is 5.75 Å². The lowest BCUT2D eigenvalue weighted by molar-refractivity contribution is -0.140. The van der Waals surface area contributed by atoms with E-state index in [0.29, 0.717) is 41.9 Å². The van der Waals surface area contributed by atoms with Gasteiger partial charge in [-0.05, 0) is 26.0 Å². The molecule has 0 fully saturated rings. The highest BCUT2D eigenvalue weighted by Crippen LogP contribution is 2.31. The van der Waals surface area contributed by atoms with Crippen molar-refractivity contribution in [3.05, 3.63) is 46.1 Å². The molecule has 2 heterocycles. The van der Waals surface area contributed by atoms with E-state index in [1.165, 1.54) is 0 Å². The van der Waals surface area contributed by atoms with Gasteiger partial charge in [0.1, 0.15) is 5.76 Å². The molecule has 31 heavy (non-hydrogen) atoms. The topological polar surface area (TPSA) is 71.7 Å². The molecule has 2 N–H and O–H groups in total. The lowest BCUT2D eigenvalue weighted by Crippen LogP contribution is -2.39. The summed E-state index contributed by atoms with van der Waals surface area (Å²) in [6.07, 6.45) is -4.05. The molecule has 0 aliphatic heterocycles. The second kappa shape index (κ2) is 11.0. The first-order valence-corrected chi connectivity index (χ1v) is 10.3. The molecule has 0 amide bonds. The van der Waals surface area contributed by atoms with Crippen LogP contribution in [-0.2, 0) is 12.6 Å². The lowest BCUT2D eigenvalue weighted by Gasteiger charge is -2.16. The Morgan fingerprint density at radius 1 is 1.35 bits per heavy atom. The van der Waals surface area contributed by atoms with Crippen LogP contribution in [0.25, 0.3) is 11.0 Å². The van der Waals surface area contributed by atoms with Gasteiger partial charge < -0.3 is 19.8 Å². The van der Waals surface area contributed by atoms with Crippen LogP contribution in [0, 0.1) is 0 Å². The Morgan fingerprint density at radius 3 is 2.77 bits per heavy atom. The summed E-state index contributed by atoms with van der Waals surface area (Å²) < 4.78 is 49.5. The van der Waals surface area contributed by atoms with Gasteiger partial charge in [-0.1, -0.05) is 12.1 Å². The number of para-hydroxylation sites is 1. The van der Waals surface area contributed by atoms with E-state index < -0.39 is 11.9 Å². The number of nitrogens with one attached hydrogen (secondary N) is 2. The van der Waals surface area contributed by atoms with Gasteiger partial charge in [-0.25, -0.2) is 4.98 Å². The van der Waals surface area contributed by atoms with Gasteiger partial charge in [-0.15, -0.1) is 35.3 Å². The SMILES string of the molecule is CCOc1cccc2cc(C(C)NC(=NC)NCCc3nc(C(F)(F)F)cs3)oc12.I. The average Bonchev–Trinajstić information content (AvgIpc) is 3.35. The Morgan fingerprint density at radius 2 is 2.13 bits per heavy atom. The molecular formula is C20H24F3IN4O2S. The maximum Gasteiger partial charge on any atom is 0.434 e. The molecule has 1 atom stereocenters. The van der Waals surface area contributed by atoms with E-state index in [9.17, 15) is 13.2 Å². The fourth-order valence-electron chi connectivity index (χ4n) is 2.85. The normalized spacial score (nSPS) is 13.0. The standard InChI is InChI=1S/C20H23F3N4O2S.HI/c1-4-28-14-7-5-6-13-10-15(29-18(13)14)12(2)26-19(24-3)25-9-8-17-27-16(11-30-17)20(21,22)23;/h5-7,10-12H,4,8-9H2,1-3H3,(H2,24,25,26);1H. The number of benzene rings is 1. The van der Waals surface area contributed by atoms with Crippen LogP contribution >= 0.6 is 35.3 Å². The summed E-state index contributed by atoms with van der Waals surface area (Å²) in [5, 5.41) is 8.70. The van der Waals surface area contributed by atoms with E-state index in [-0.39, 0.29) is 30.0 Å². The van der Waals surface area contributed by atoms with Gasteiger partial charge in [0, 0.05) is 30.8 Å². The van der Waals surface area contributed by atoms with Gasteiger partial charge in [-0.3, -0.25) is 4.99 Å². The van der Waals surface area contributed by atoms with Crippen molar-refractivity contribution in [1.82, 2.24) is 15.6 Å². The summed E-state index contributed by atoms with van der Waals surface area (Å²) in [6.45, 7) is 4.79. The number of hydrogen-bond donors (Lipinski definition) is 2. The highest BCUT2D eigenvalue weighted by atomic mass is 127. The third-order valence-corrected chi connectivity index (χ3v) is 5.21. The zero-order valence-electron chi connectivity index (χ0n) is 17.2. The summed E-state index contributed by atoms with van der Waals surface area (Å²) >= 11 is 0.996. The maximum absolute atomic E-state index is 12.6. The molecular weight excluding hydrogens is 544 g/mol. The third-order valence-electron chi connectivity index (χ3n) is 4.30. The number of guanidine groups is 1. The number of hydrogen-bond acceptors (Lipinski definition) is 5. The molecule has 1 aromatic carbocycles. The summed E-state index contributed by atoms with van der Waals surface area (Å²) in [6, 6.07) is 7.48. The largest absolute Gasteiger partial charge is 0.490 e. The molecule has 3 rings (SSSR count). The van der Waals surface area contributed by atoms with E-state index in [4.69, 9.17) is 9.15 Å². The van der Waals surface area contributed by atoms with Crippen LogP contribution in [0.2, 0.25) is 0 Å². The van der Waals surface area contributed by atoms with Crippen molar-refractivity contribution in [2.75, 3.05) is 20.2 Å². The van der Waals surface area contributed by atoms with E-state index in [0.717, 1.165) is 27.9 Å². The monoisotopic (exact) mass is 568 g/mol. The van der Waals surface area contributed by atoms with Crippen LogP contribution in [0.15, 0.2) is 39.1 Å². The van der Waals surface area contributed by atoms with Gasteiger partial charge in [0.2, 0.25) is 0 Å². The number of nitrogens with zero attached hydrogens (tertiary/aromatic N) is 2. The summed E-state index contributed by atoms with van der Waals surface area (Å²) in [5.41, 5.74) is -0.162. The highest BCUT2D eigenvalue weighted by Gasteiger charge is 2.33. The van der Waals surface area contributed by atoms with Crippen LogP contribution < -0.4 is 15.4 Å². The molecule has 0 saturated carbocycles. The summed E-state index contributed by atoms with van der Waals surface area (Å²) in [4.78, 5) is 7.79. The molecule has 6 nitrogen and oxygen atoms in total. The van der Waals surface area contributed by atoms with Crippen molar-refractivity contribution in [2.24, 2.45) is 4.99 Å². The molecule has 0 aliphatic carbocycles. The van der Waals surface area contributed by atoms with Crippen molar-refractivity contribution in [3.63, 3.8) is 0 Å². The van der Waals surface area contributed by atoms with E-state index >= 15 is 0 Å². The molecule has 0 spiro atoms. The number of rotatable bonds is 7. The zero-order chi connectivity index (χ0) is 21.7. The summed E-state index contributed by atoms with van der Waals surface area (Å²) in [5.74, 6) is 1.92. The number of thiazole rings is 1. The number of furan rings is 1. The minimum Gasteiger partial charge on any atom is -0.490 e. The van der Waals surface area contributed by atoms with Crippen molar-refractivity contribution in [1.29, 1.82) is 0 Å². The quantitative estimate of drug-likeness (QED) is 0.227. The number of fused-ring (bicyclic) bond motifs is 1. The first kappa shape index (κ1) is 25.2. The highest BCUT2D eigenvalue weighted by molar-refractivity contribution is 14.0. The van der Waals surface area contributed by atoms with Crippen LogP contribution in [0.1, 0.15) is 36.4 Å². The van der Waals surface area contributed by atoms with Crippen LogP contribution in [-0.4, -0.2) is 31.1 Å². The van der Waals surface area contributed by atoms with Crippen molar-refractivity contribution in [2.45, 2.75) is 32.5 Å². The van der Waals surface area contributed by atoms with Crippen LogP contribution in [0.4, 0.5) is 13.2 Å². The van der Waals surface area contributed by atoms with Gasteiger partial charge in [0.05, 0.1) is 17.7 Å². The first-order valence-electron chi connectivity index (χ1n) is 9.45. The van der Waals surface area contributed by atoms with E-state index in [2.05, 4.69) is 20.6 Å². The smallest absolute Gasteiger partial charge is 0.434 e. The maximum atomic E-state index is 12.6. The second-order valence-corrected chi connectivity index (χ2v) is 7.44. The van der Waals surface area contributed by atoms with Crippen LogP contribution in [0.3, 0.4) is 0 Å².